The molecule has 2 aliphatic carbocycles. The molecular weight excluding hydrogens is 263 g/mol. The molecular formula is C12H19SiZr-2. The molecule has 0 heterocycles. The summed E-state index contributed by atoms with van der Waals surface area (Å²) < 4.78 is 3.70. The third kappa shape index (κ3) is 2.17. The van der Waals surface area contributed by atoms with Crippen molar-refractivity contribution in [3.05, 3.63) is 43.0 Å². The van der Waals surface area contributed by atoms with Gasteiger partial charge in [-0.2, -0.15) is 0 Å². The molecule has 2 heteroatoms. The van der Waals surface area contributed by atoms with Crippen LogP contribution >= 0.6 is 0 Å². The minimum atomic E-state index is -1.29. The molecule has 0 fully saturated rings. The Balaban J connectivity index is 0.00000112. The Morgan fingerprint density at radius 1 is 1.07 bits per heavy atom. The van der Waals surface area contributed by atoms with Crippen LogP contribution in [0.25, 0.3) is 0 Å². The Hall–Kier alpha value is 0.0600. The van der Waals surface area contributed by atoms with Crippen molar-refractivity contribution in [3.63, 3.8) is 0 Å². The van der Waals surface area contributed by atoms with E-state index in [-0.39, 0.29) is 2.85 Å². The van der Waals surface area contributed by atoms with E-state index in [0.29, 0.717) is 0 Å². The zero-order chi connectivity index (χ0) is 9.97. The van der Waals surface area contributed by atoms with E-state index in [1.54, 1.807) is 0 Å². The average molecular weight is 283 g/mol. The van der Waals surface area contributed by atoms with Gasteiger partial charge in [-0.3, -0.25) is 0 Å². The number of allylic oxidation sites excluding steroid dienone is 8. The fraction of sp³-hybridized carbons (Fsp3) is 0.333. The van der Waals surface area contributed by atoms with Crippen LogP contribution in [0, 0.1) is 0 Å². The topological polar surface area (TPSA) is 0 Å². The number of hydrogen-bond acceptors (Lipinski definition) is 0. The first-order valence-electron chi connectivity index (χ1n) is 5.38. The Morgan fingerprint density at radius 3 is 1.86 bits per heavy atom. The van der Waals surface area contributed by atoms with Crippen LogP contribution in [0.2, 0.25) is 13.1 Å². The van der Waals surface area contributed by atoms with Gasteiger partial charge in [0.25, 0.3) is 0 Å². The average Bonchev–Trinajstić information content (AvgIpc) is 2.75. The van der Waals surface area contributed by atoms with Crippen molar-refractivity contribution in [1.29, 1.82) is 0 Å². The molecule has 77 valence electrons. The standard InChI is InChI=1S/2C5H5.C2H7Si.Zr.2H/c2*1-2-4-5-3-1;1-3-2;;;/h2*1-3H,4H2;3H,1-2H3;;;/q;;;;2*-1. The third-order valence-electron chi connectivity index (χ3n) is 2.81. The third-order valence-corrected chi connectivity index (χ3v) is 22.1. The van der Waals surface area contributed by atoms with Crippen molar-refractivity contribution in [2.24, 2.45) is 0 Å². The van der Waals surface area contributed by atoms with E-state index in [4.69, 9.17) is 0 Å². The van der Waals surface area contributed by atoms with Gasteiger partial charge in [-0.1, -0.05) is 0 Å². The summed E-state index contributed by atoms with van der Waals surface area (Å²) >= 11 is -1.29. The van der Waals surface area contributed by atoms with Gasteiger partial charge >= 0.3 is 95.8 Å². The molecule has 0 saturated heterocycles. The first-order chi connectivity index (χ1) is 6.79. The van der Waals surface area contributed by atoms with Gasteiger partial charge in [0.1, 0.15) is 0 Å². The number of hydrogen-bond donors (Lipinski definition) is 0. The maximum Gasteiger partial charge on any atom is -1.00 e. The maximum atomic E-state index is 2.55. The predicted molar refractivity (Wildman–Crippen MR) is 64.8 cm³/mol. The normalized spacial score (nSPS) is 19.1. The van der Waals surface area contributed by atoms with E-state index in [9.17, 15) is 0 Å². The van der Waals surface area contributed by atoms with Crippen LogP contribution in [-0.2, 0) is 20.9 Å². The van der Waals surface area contributed by atoms with Crippen LogP contribution in [0.3, 0.4) is 0 Å². The molecule has 0 aromatic rings. The molecule has 0 saturated carbocycles. The fourth-order valence-corrected chi connectivity index (χ4v) is 21.2. The molecule has 0 aromatic heterocycles. The van der Waals surface area contributed by atoms with Crippen LogP contribution < -0.4 is 0 Å². The Morgan fingerprint density at radius 2 is 1.57 bits per heavy atom. The maximum absolute atomic E-state index is 2.55. The summed E-state index contributed by atoms with van der Waals surface area (Å²) in [6.45, 7) is 5.10. The Labute approximate surface area is 98.3 Å². The summed E-state index contributed by atoms with van der Waals surface area (Å²) in [4.78, 5) is 0. The second-order valence-electron chi connectivity index (χ2n) is 4.22. The summed E-state index contributed by atoms with van der Waals surface area (Å²) in [5.74, 6) is -0.412. The van der Waals surface area contributed by atoms with Crippen LogP contribution in [0.4, 0.5) is 0 Å². The first-order valence-corrected chi connectivity index (χ1v) is 15.0. The molecule has 0 aliphatic heterocycles. The van der Waals surface area contributed by atoms with Crippen molar-refractivity contribution >= 4 is 5.92 Å². The van der Waals surface area contributed by atoms with Gasteiger partial charge in [-0.15, -0.1) is 0 Å². The monoisotopic (exact) mass is 281 g/mol. The molecule has 0 atom stereocenters. The summed E-state index contributed by atoms with van der Waals surface area (Å²) in [6, 6.07) is 0. The minimum Gasteiger partial charge on any atom is -1.00 e. The van der Waals surface area contributed by atoms with Gasteiger partial charge in [0.15, 0.2) is 0 Å². The van der Waals surface area contributed by atoms with E-state index >= 15 is 0 Å². The van der Waals surface area contributed by atoms with Crippen molar-refractivity contribution in [3.8, 4) is 0 Å². The summed E-state index contributed by atoms with van der Waals surface area (Å²) in [6.07, 6.45) is 16.6. The molecule has 0 bridgehead atoms. The zero-order valence-electron chi connectivity index (χ0n) is 11.0. The fourth-order valence-electron chi connectivity index (χ4n) is 2.24. The second-order valence-corrected chi connectivity index (χ2v) is 23.6. The van der Waals surface area contributed by atoms with E-state index in [0.717, 1.165) is 0 Å². The molecule has 0 radical (unpaired) electrons. The van der Waals surface area contributed by atoms with Gasteiger partial charge in [0.2, 0.25) is 0 Å². The Bertz CT molecular complexity index is 313. The second kappa shape index (κ2) is 4.72. The molecule has 0 unspecified atom stereocenters. The first kappa shape index (κ1) is 10.6. The van der Waals surface area contributed by atoms with Gasteiger partial charge < -0.3 is 2.85 Å². The van der Waals surface area contributed by atoms with Crippen LogP contribution in [0.1, 0.15) is 15.7 Å². The molecule has 0 amide bonds. The van der Waals surface area contributed by atoms with Gasteiger partial charge in [-0.25, -0.2) is 0 Å². The molecule has 0 N–H and O–H groups in total. The van der Waals surface area contributed by atoms with Crippen LogP contribution in [0.5, 0.6) is 0 Å². The molecule has 0 aromatic carbocycles. The summed E-state index contributed by atoms with van der Waals surface area (Å²) in [5, 5.41) is 0. The summed E-state index contributed by atoms with van der Waals surface area (Å²) in [5.41, 5.74) is 0. The van der Waals surface area contributed by atoms with Crippen molar-refractivity contribution in [2.45, 2.75) is 25.9 Å². The largest absolute Gasteiger partial charge is 1.00 e. The minimum absolute atomic E-state index is 0. The smallest absolute Gasteiger partial charge is 1.00 e. The molecule has 0 nitrogen and oxygen atoms in total. The van der Waals surface area contributed by atoms with Crippen molar-refractivity contribution in [2.75, 3.05) is 0 Å². The van der Waals surface area contributed by atoms with Crippen molar-refractivity contribution < 1.29 is 23.8 Å². The van der Waals surface area contributed by atoms with Crippen LogP contribution in [0.15, 0.2) is 43.0 Å². The van der Waals surface area contributed by atoms with E-state index in [1.807, 2.05) is 6.56 Å². The molecule has 0 spiro atoms. The van der Waals surface area contributed by atoms with E-state index in [2.05, 4.69) is 49.6 Å². The predicted octanol–water partition coefficient (Wildman–Crippen LogP) is 3.50. The Kier molecular flexibility index (Phi) is 3.57. The molecule has 2 rings (SSSR count). The quantitative estimate of drug-likeness (QED) is 0.695. The SMILES string of the molecule is C[SiH](C)[Zr]([C]1=CC=CC1)[C]1=CC=CC1.[H-].[H-]. The van der Waals surface area contributed by atoms with E-state index in [1.165, 1.54) is 12.8 Å². The van der Waals surface area contributed by atoms with Gasteiger partial charge in [0, 0.05) is 0 Å². The van der Waals surface area contributed by atoms with E-state index < -0.39 is 26.8 Å². The van der Waals surface area contributed by atoms with Crippen molar-refractivity contribution in [1.82, 2.24) is 0 Å². The molecule has 14 heavy (non-hydrogen) atoms. The van der Waals surface area contributed by atoms with Crippen LogP contribution in [-0.4, -0.2) is 5.92 Å². The van der Waals surface area contributed by atoms with Gasteiger partial charge in [-0.05, 0) is 0 Å². The zero-order valence-corrected chi connectivity index (χ0v) is 12.6. The number of rotatable bonds is 3. The summed E-state index contributed by atoms with van der Waals surface area (Å²) in [7, 11) is 0. The van der Waals surface area contributed by atoms with Gasteiger partial charge in [0.05, 0.1) is 0 Å². The molecule has 2 aliphatic rings.